The minimum atomic E-state index is 0.286. The van der Waals surface area contributed by atoms with Crippen molar-refractivity contribution in [3.63, 3.8) is 0 Å². The third-order valence-electron chi connectivity index (χ3n) is 5.36. The molecule has 0 radical (unpaired) electrons. The number of rotatable bonds is 2. The predicted molar refractivity (Wildman–Crippen MR) is 75.2 cm³/mol. The first-order chi connectivity index (χ1) is 8.48. The lowest BCUT2D eigenvalue weighted by Crippen LogP contribution is -2.50. The third-order valence-corrected chi connectivity index (χ3v) is 5.36. The zero-order chi connectivity index (χ0) is 13.2. The first kappa shape index (κ1) is 13.9. The molecular weight excluding hydrogens is 220 g/mol. The van der Waals surface area contributed by atoms with Crippen LogP contribution in [-0.4, -0.2) is 23.5 Å². The summed E-state index contributed by atoms with van der Waals surface area (Å²) in [5.41, 5.74) is 0.640. The number of nitrogens with zero attached hydrogens (tertiary/aromatic N) is 2. The summed E-state index contributed by atoms with van der Waals surface area (Å²) in [6, 6.07) is 2.49. The van der Waals surface area contributed by atoms with Crippen molar-refractivity contribution in [2.24, 2.45) is 11.3 Å². The van der Waals surface area contributed by atoms with Crippen LogP contribution in [0.4, 0.5) is 0 Å². The molecule has 2 nitrogen and oxygen atoms in total. The fraction of sp³-hybridized carbons (Fsp3) is 0.938. The quantitative estimate of drug-likeness (QED) is 0.739. The van der Waals surface area contributed by atoms with Crippen LogP contribution in [0.2, 0.25) is 0 Å². The number of piperidine rings is 1. The Labute approximate surface area is 112 Å². The molecular formula is C16H28N2. The largest absolute Gasteiger partial charge is 0.298 e. The van der Waals surface area contributed by atoms with Gasteiger partial charge >= 0.3 is 0 Å². The molecule has 1 aliphatic heterocycles. The van der Waals surface area contributed by atoms with Gasteiger partial charge in [0.25, 0.3) is 0 Å². The summed E-state index contributed by atoms with van der Waals surface area (Å²) >= 11 is 0. The fourth-order valence-electron chi connectivity index (χ4n) is 4.05. The second kappa shape index (κ2) is 5.21. The zero-order valence-corrected chi connectivity index (χ0v) is 12.3. The lowest BCUT2D eigenvalue weighted by Gasteiger charge is -2.48. The van der Waals surface area contributed by atoms with Crippen LogP contribution in [-0.2, 0) is 0 Å². The molecule has 102 valence electrons. The minimum Gasteiger partial charge on any atom is -0.298 e. The van der Waals surface area contributed by atoms with Gasteiger partial charge in [0.15, 0.2) is 0 Å². The highest BCUT2D eigenvalue weighted by Crippen LogP contribution is 2.49. The van der Waals surface area contributed by atoms with Crippen molar-refractivity contribution in [3.8, 4) is 6.07 Å². The van der Waals surface area contributed by atoms with Crippen LogP contribution >= 0.6 is 0 Å². The molecule has 2 heteroatoms. The van der Waals surface area contributed by atoms with Crippen molar-refractivity contribution in [3.05, 3.63) is 0 Å². The van der Waals surface area contributed by atoms with Gasteiger partial charge in [-0.15, -0.1) is 0 Å². The topological polar surface area (TPSA) is 27.0 Å². The van der Waals surface area contributed by atoms with Crippen molar-refractivity contribution < 1.29 is 0 Å². The second-order valence-electron chi connectivity index (χ2n) is 7.34. The van der Waals surface area contributed by atoms with Crippen LogP contribution in [0, 0.1) is 22.7 Å². The van der Waals surface area contributed by atoms with Gasteiger partial charge in [0.2, 0.25) is 0 Å². The van der Waals surface area contributed by atoms with E-state index in [1.165, 1.54) is 51.6 Å². The van der Waals surface area contributed by atoms with Crippen LogP contribution in [0.25, 0.3) is 0 Å². The zero-order valence-electron chi connectivity index (χ0n) is 12.3. The van der Waals surface area contributed by atoms with Crippen LogP contribution < -0.4 is 0 Å². The Morgan fingerprint density at radius 2 is 1.72 bits per heavy atom. The summed E-state index contributed by atoms with van der Waals surface area (Å²) in [4.78, 5) is 2.59. The van der Waals surface area contributed by atoms with Gasteiger partial charge in [-0.3, -0.25) is 4.90 Å². The molecule has 2 fully saturated rings. The molecule has 0 N–H and O–H groups in total. The molecule has 0 bridgehead atoms. The van der Waals surface area contributed by atoms with Crippen LogP contribution in [0.5, 0.6) is 0 Å². The lowest BCUT2D eigenvalue weighted by molar-refractivity contribution is 0.0120. The second-order valence-corrected chi connectivity index (χ2v) is 7.34. The van der Waals surface area contributed by atoms with E-state index in [4.69, 9.17) is 0 Å². The number of likely N-dealkylation sites (tertiary alicyclic amines) is 1. The Morgan fingerprint density at radius 3 is 2.17 bits per heavy atom. The number of nitriles is 1. The van der Waals surface area contributed by atoms with E-state index in [1.54, 1.807) is 0 Å². The summed E-state index contributed by atoms with van der Waals surface area (Å²) in [6.45, 7) is 9.28. The summed E-state index contributed by atoms with van der Waals surface area (Å²) in [5, 5.41) is 9.21. The SMILES string of the molecule is CC(C)(C)N1CCC(CC#N)(C2CCCC2)CC1. The van der Waals surface area contributed by atoms with E-state index in [-0.39, 0.29) is 5.54 Å². The molecule has 0 unspecified atom stereocenters. The Bertz CT molecular complexity index is 307. The first-order valence-corrected chi connectivity index (χ1v) is 7.60. The average molecular weight is 248 g/mol. The van der Waals surface area contributed by atoms with Gasteiger partial charge in [-0.05, 0) is 70.9 Å². The molecule has 1 saturated carbocycles. The van der Waals surface area contributed by atoms with Crippen LogP contribution in [0.15, 0.2) is 0 Å². The van der Waals surface area contributed by atoms with Gasteiger partial charge in [0.05, 0.1) is 6.07 Å². The van der Waals surface area contributed by atoms with Crippen molar-refractivity contribution in [2.75, 3.05) is 13.1 Å². The van der Waals surface area contributed by atoms with Gasteiger partial charge in [0, 0.05) is 12.0 Å². The van der Waals surface area contributed by atoms with Crippen molar-refractivity contribution in [2.45, 2.75) is 71.3 Å². The molecule has 1 heterocycles. The number of hydrogen-bond acceptors (Lipinski definition) is 2. The third kappa shape index (κ3) is 2.72. The van der Waals surface area contributed by atoms with E-state index in [0.717, 1.165) is 12.3 Å². The van der Waals surface area contributed by atoms with Crippen LogP contribution in [0.3, 0.4) is 0 Å². The molecule has 0 aromatic heterocycles. The highest BCUT2D eigenvalue weighted by atomic mass is 15.2. The smallest absolute Gasteiger partial charge is 0.0627 e. The first-order valence-electron chi connectivity index (χ1n) is 7.60. The van der Waals surface area contributed by atoms with E-state index in [9.17, 15) is 5.26 Å². The molecule has 2 rings (SSSR count). The lowest BCUT2D eigenvalue weighted by atomic mass is 9.66. The van der Waals surface area contributed by atoms with E-state index in [0.29, 0.717) is 5.41 Å². The Kier molecular flexibility index (Phi) is 4.02. The molecule has 0 aromatic rings. The van der Waals surface area contributed by atoms with Crippen LogP contribution in [0.1, 0.15) is 65.7 Å². The maximum atomic E-state index is 9.21. The van der Waals surface area contributed by atoms with Gasteiger partial charge in [-0.2, -0.15) is 5.26 Å². The predicted octanol–water partition coefficient (Wildman–Crippen LogP) is 3.97. The minimum absolute atomic E-state index is 0.286. The normalized spacial score (nSPS) is 26.1. The summed E-state index contributed by atoms with van der Waals surface area (Å²) in [6.07, 6.45) is 8.79. The monoisotopic (exact) mass is 248 g/mol. The highest BCUT2D eigenvalue weighted by molar-refractivity contribution is 4.99. The molecule has 0 aromatic carbocycles. The molecule has 0 amide bonds. The van der Waals surface area contributed by atoms with Crippen molar-refractivity contribution in [1.29, 1.82) is 5.26 Å². The molecule has 18 heavy (non-hydrogen) atoms. The molecule has 2 aliphatic rings. The van der Waals surface area contributed by atoms with E-state index in [2.05, 4.69) is 31.7 Å². The molecule has 0 atom stereocenters. The fourth-order valence-corrected chi connectivity index (χ4v) is 4.05. The summed E-state index contributed by atoms with van der Waals surface area (Å²) < 4.78 is 0. The Morgan fingerprint density at radius 1 is 1.17 bits per heavy atom. The molecule has 1 saturated heterocycles. The average Bonchev–Trinajstić information content (AvgIpc) is 2.82. The van der Waals surface area contributed by atoms with Gasteiger partial charge < -0.3 is 0 Å². The van der Waals surface area contributed by atoms with E-state index < -0.39 is 0 Å². The van der Waals surface area contributed by atoms with Gasteiger partial charge in [0.1, 0.15) is 0 Å². The highest BCUT2D eigenvalue weighted by Gasteiger charge is 2.43. The van der Waals surface area contributed by atoms with Gasteiger partial charge in [-0.1, -0.05) is 12.8 Å². The van der Waals surface area contributed by atoms with E-state index >= 15 is 0 Å². The Balaban J connectivity index is 2.04. The maximum Gasteiger partial charge on any atom is 0.0627 e. The van der Waals surface area contributed by atoms with Gasteiger partial charge in [-0.25, -0.2) is 0 Å². The van der Waals surface area contributed by atoms with Crippen molar-refractivity contribution in [1.82, 2.24) is 4.90 Å². The van der Waals surface area contributed by atoms with E-state index in [1.807, 2.05) is 0 Å². The standard InChI is InChI=1S/C16H28N2/c1-15(2,3)18-12-9-16(8-11-17,10-13-18)14-6-4-5-7-14/h14H,4-10,12-13H2,1-3H3. The molecule has 0 spiro atoms. The maximum absolute atomic E-state index is 9.21. The Hall–Kier alpha value is -0.550. The van der Waals surface area contributed by atoms with Crippen molar-refractivity contribution >= 4 is 0 Å². The number of hydrogen-bond donors (Lipinski definition) is 0. The summed E-state index contributed by atoms with van der Waals surface area (Å²) in [5.74, 6) is 0.833. The summed E-state index contributed by atoms with van der Waals surface area (Å²) in [7, 11) is 0. The molecule has 1 aliphatic carbocycles.